The molecule has 3 aromatic carbocycles. The van der Waals surface area contributed by atoms with Crippen LogP contribution >= 0.6 is 0 Å². The van der Waals surface area contributed by atoms with E-state index in [1.165, 1.54) is 84.5 Å². The van der Waals surface area contributed by atoms with Crippen LogP contribution in [0.3, 0.4) is 0 Å². The van der Waals surface area contributed by atoms with Crippen LogP contribution in [-0.2, 0) is 0 Å². The second-order valence-corrected chi connectivity index (χ2v) is 10.4. The lowest BCUT2D eigenvalue weighted by Crippen LogP contribution is -2.06. The molecule has 3 aliphatic rings. The fourth-order valence-electron chi connectivity index (χ4n) is 6.41. The molecule has 3 aromatic rings. The van der Waals surface area contributed by atoms with Gasteiger partial charge in [0.05, 0.1) is 11.4 Å². The minimum Gasteiger partial charge on any atom is -0.247 e. The van der Waals surface area contributed by atoms with Crippen LogP contribution in [0.2, 0.25) is 0 Å². The van der Waals surface area contributed by atoms with Crippen molar-refractivity contribution in [2.24, 2.45) is 4.99 Å². The van der Waals surface area contributed by atoms with Gasteiger partial charge in [-0.15, -0.1) is 0 Å². The van der Waals surface area contributed by atoms with Crippen molar-refractivity contribution in [2.45, 2.75) is 83.0 Å². The third-order valence-electron chi connectivity index (χ3n) is 8.07. The van der Waals surface area contributed by atoms with Crippen molar-refractivity contribution in [2.75, 3.05) is 0 Å². The molecule has 2 fully saturated rings. The first-order valence-corrected chi connectivity index (χ1v) is 12.5. The van der Waals surface area contributed by atoms with Gasteiger partial charge in [-0.25, -0.2) is 4.99 Å². The predicted octanol–water partition coefficient (Wildman–Crippen LogP) is 8.76. The van der Waals surface area contributed by atoms with Crippen molar-refractivity contribution in [3.8, 4) is 0 Å². The maximum atomic E-state index is 5.22. The van der Waals surface area contributed by atoms with Crippen molar-refractivity contribution in [3.05, 3.63) is 76.3 Å². The van der Waals surface area contributed by atoms with Crippen molar-refractivity contribution < 1.29 is 0 Å². The third-order valence-corrected chi connectivity index (χ3v) is 8.07. The van der Waals surface area contributed by atoms with Gasteiger partial charge in [0.2, 0.25) is 0 Å². The molecule has 2 saturated carbocycles. The van der Waals surface area contributed by atoms with Crippen molar-refractivity contribution in [1.82, 2.24) is 0 Å². The number of aliphatic imine (C=N–C) groups is 1. The van der Waals surface area contributed by atoms with E-state index in [0.717, 1.165) is 17.5 Å². The van der Waals surface area contributed by atoms with Gasteiger partial charge in [0.15, 0.2) is 0 Å². The second-order valence-electron chi connectivity index (χ2n) is 10.4. The van der Waals surface area contributed by atoms with E-state index in [2.05, 4.69) is 62.4 Å². The average Bonchev–Trinajstić information content (AvgIpc) is 3.55. The first-order valence-electron chi connectivity index (χ1n) is 12.5. The van der Waals surface area contributed by atoms with Gasteiger partial charge < -0.3 is 0 Å². The summed E-state index contributed by atoms with van der Waals surface area (Å²) in [6, 6.07) is 18.9. The van der Waals surface area contributed by atoms with Crippen molar-refractivity contribution >= 4 is 22.2 Å². The molecule has 1 nitrogen and oxygen atoms in total. The Labute approximate surface area is 186 Å². The summed E-state index contributed by atoms with van der Waals surface area (Å²) in [7, 11) is 0. The molecule has 0 aromatic heterocycles. The molecule has 0 bridgehead atoms. The van der Waals surface area contributed by atoms with Gasteiger partial charge in [-0.3, -0.25) is 0 Å². The molecule has 0 saturated heterocycles. The van der Waals surface area contributed by atoms with Gasteiger partial charge in [0, 0.05) is 16.5 Å². The van der Waals surface area contributed by atoms with Crippen LogP contribution < -0.4 is 0 Å². The first kappa shape index (κ1) is 19.3. The Morgan fingerprint density at radius 1 is 0.774 bits per heavy atom. The third kappa shape index (κ3) is 3.25. The van der Waals surface area contributed by atoms with E-state index in [4.69, 9.17) is 4.99 Å². The fraction of sp³-hybridized carbons (Fsp3) is 0.433. The number of hydrogen-bond donors (Lipinski definition) is 0. The van der Waals surface area contributed by atoms with Crippen LogP contribution in [0.5, 0.6) is 0 Å². The molecule has 158 valence electrons. The summed E-state index contributed by atoms with van der Waals surface area (Å²) in [5.74, 6) is 2.01. The quantitative estimate of drug-likeness (QED) is 0.320. The lowest BCUT2D eigenvalue weighted by Gasteiger charge is -2.18. The molecule has 0 spiro atoms. The number of hydrogen-bond acceptors (Lipinski definition) is 1. The Hall–Kier alpha value is -2.41. The van der Waals surface area contributed by atoms with Crippen LogP contribution in [-0.4, -0.2) is 5.71 Å². The SMILES string of the molecule is CC(C)c1ccc2c3c(cccc13)C(c1cc(C3CCCC3)cc(C3CCCC3)c1)=N2. The maximum absolute atomic E-state index is 5.22. The zero-order chi connectivity index (χ0) is 20.9. The van der Waals surface area contributed by atoms with Crippen LogP contribution in [0.4, 0.5) is 5.69 Å². The lowest BCUT2D eigenvalue weighted by molar-refractivity contribution is 0.700. The Balaban J connectivity index is 1.50. The highest BCUT2D eigenvalue weighted by molar-refractivity contribution is 6.26. The Bertz CT molecular complexity index is 1140. The largest absolute Gasteiger partial charge is 0.247 e. The molecule has 0 N–H and O–H groups in total. The molecule has 0 radical (unpaired) electrons. The molecule has 0 atom stereocenters. The predicted molar refractivity (Wildman–Crippen MR) is 132 cm³/mol. The molecule has 31 heavy (non-hydrogen) atoms. The Kier molecular flexibility index (Phi) is 4.74. The normalized spacial score (nSPS) is 19.1. The first-order chi connectivity index (χ1) is 15.2. The molecule has 6 rings (SSSR count). The van der Waals surface area contributed by atoms with Crippen LogP contribution in [0.25, 0.3) is 10.8 Å². The summed E-state index contributed by atoms with van der Waals surface area (Å²) in [6.45, 7) is 4.58. The number of nitrogens with zero attached hydrogens (tertiary/aromatic N) is 1. The van der Waals surface area contributed by atoms with Gasteiger partial charge in [-0.05, 0) is 83.7 Å². The molecule has 0 amide bonds. The summed E-state index contributed by atoms with van der Waals surface area (Å²) < 4.78 is 0. The highest BCUT2D eigenvalue weighted by atomic mass is 14.8. The van der Waals surface area contributed by atoms with Gasteiger partial charge >= 0.3 is 0 Å². The summed E-state index contributed by atoms with van der Waals surface area (Å²) in [5.41, 5.74) is 9.61. The van der Waals surface area contributed by atoms with Gasteiger partial charge in [0.1, 0.15) is 0 Å². The van der Waals surface area contributed by atoms with Crippen LogP contribution in [0, 0.1) is 0 Å². The van der Waals surface area contributed by atoms with E-state index in [1.807, 2.05) is 0 Å². The van der Waals surface area contributed by atoms with E-state index in [9.17, 15) is 0 Å². The fourth-order valence-corrected chi connectivity index (χ4v) is 6.41. The monoisotopic (exact) mass is 407 g/mol. The molecule has 1 heteroatoms. The summed E-state index contributed by atoms with van der Waals surface area (Å²) in [4.78, 5) is 5.22. The minimum absolute atomic E-state index is 0.521. The molecule has 1 aliphatic heterocycles. The maximum Gasteiger partial charge on any atom is 0.0789 e. The van der Waals surface area contributed by atoms with E-state index >= 15 is 0 Å². The minimum atomic E-state index is 0.521. The standard InChI is InChI=1S/C30H33N/c1-19(2)25-14-15-28-29-26(25)12-7-13-27(29)30(31-28)24-17-22(20-8-3-4-9-20)16-23(18-24)21-10-5-6-11-21/h7,12-21H,3-6,8-11H2,1-2H3. The highest BCUT2D eigenvalue weighted by Crippen LogP contribution is 2.43. The topological polar surface area (TPSA) is 12.4 Å². The van der Waals surface area contributed by atoms with Crippen molar-refractivity contribution in [3.63, 3.8) is 0 Å². The van der Waals surface area contributed by atoms with Gasteiger partial charge in [0.25, 0.3) is 0 Å². The van der Waals surface area contributed by atoms with Gasteiger partial charge in [-0.2, -0.15) is 0 Å². The molecular formula is C30H33N. The second kappa shape index (κ2) is 7.62. The summed E-state index contributed by atoms with van der Waals surface area (Å²) in [6.07, 6.45) is 11.0. The van der Waals surface area contributed by atoms with Gasteiger partial charge in [-0.1, -0.05) is 69.9 Å². The average molecular weight is 408 g/mol. The van der Waals surface area contributed by atoms with Crippen LogP contribution in [0.15, 0.2) is 53.5 Å². The summed E-state index contributed by atoms with van der Waals surface area (Å²) >= 11 is 0. The Morgan fingerprint density at radius 3 is 2.03 bits per heavy atom. The Morgan fingerprint density at radius 2 is 1.42 bits per heavy atom. The van der Waals surface area contributed by atoms with E-state index in [0.29, 0.717) is 5.92 Å². The zero-order valence-electron chi connectivity index (χ0n) is 19.0. The highest BCUT2D eigenvalue weighted by Gasteiger charge is 2.26. The van der Waals surface area contributed by atoms with Crippen molar-refractivity contribution in [1.29, 1.82) is 0 Å². The zero-order valence-corrected chi connectivity index (χ0v) is 19.0. The lowest BCUT2D eigenvalue weighted by atomic mass is 9.86. The number of benzene rings is 3. The van der Waals surface area contributed by atoms with E-state index in [-0.39, 0.29) is 0 Å². The van der Waals surface area contributed by atoms with Crippen LogP contribution in [0.1, 0.15) is 111 Å². The van der Waals surface area contributed by atoms with E-state index < -0.39 is 0 Å². The van der Waals surface area contributed by atoms with E-state index in [1.54, 1.807) is 11.1 Å². The molecule has 2 aliphatic carbocycles. The number of rotatable bonds is 4. The molecular weight excluding hydrogens is 374 g/mol. The molecule has 0 unspecified atom stereocenters. The molecule has 1 heterocycles. The smallest absolute Gasteiger partial charge is 0.0789 e. The summed E-state index contributed by atoms with van der Waals surface area (Å²) in [5, 5.41) is 2.74.